The number of benzene rings is 1. The van der Waals surface area contributed by atoms with Gasteiger partial charge in [-0.25, -0.2) is 4.98 Å². The fourth-order valence-electron chi connectivity index (χ4n) is 1.94. The molecule has 0 radical (unpaired) electrons. The normalized spacial score (nSPS) is 10.6. The molecule has 2 aromatic rings. The van der Waals surface area contributed by atoms with Crippen molar-refractivity contribution in [3.05, 3.63) is 53.5 Å². The molecule has 0 atom stereocenters. The molecule has 4 heteroatoms. The van der Waals surface area contributed by atoms with Gasteiger partial charge < -0.3 is 10.2 Å². The lowest BCUT2D eigenvalue weighted by molar-refractivity contribution is 0.706. The Labute approximate surface area is 120 Å². The first-order chi connectivity index (χ1) is 9.69. The van der Waals surface area contributed by atoms with Crippen molar-refractivity contribution >= 4 is 5.82 Å². The van der Waals surface area contributed by atoms with Gasteiger partial charge in [-0.05, 0) is 19.0 Å². The maximum Gasteiger partial charge on any atom is 0.147 e. The summed E-state index contributed by atoms with van der Waals surface area (Å²) >= 11 is 0. The molecule has 106 valence electrons. The van der Waals surface area contributed by atoms with Gasteiger partial charge in [0.2, 0.25) is 0 Å². The van der Waals surface area contributed by atoms with Gasteiger partial charge in [-0.3, -0.25) is 4.98 Å². The molecule has 0 aliphatic rings. The second-order valence-electron chi connectivity index (χ2n) is 4.99. The summed E-state index contributed by atoms with van der Waals surface area (Å²) in [6, 6.07) is 8.57. The Hall–Kier alpha value is -1.94. The van der Waals surface area contributed by atoms with Crippen LogP contribution in [-0.4, -0.2) is 23.6 Å². The van der Waals surface area contributed by atoms with E-state index in [-0.39, 0.29) is 0 Å². The number of nitrogens with zero attached hydrogens (tertiary/aromatic N) is 3. The number of hydrogen-bond donors (Lipinski definition) is 1. The van der Waals surface area contributed by atoms with Crippen LogP contribution in [0.25, 0.3) is 0 Å². The highest BCUT2D eigenvalue weighted by atomic mass is 15.2. The van der Waals surface area contributed by atoms with Crippen molar-refractivity contribution in [2.24, 2.45) is 0 Å². The minimum Gasteiger partial charge on any atom is -0.354 e. The van der Waals surface area contributed by atoms with Gasteiger partial charge in [0.15, 0.2) is 0 Å². The summed E-state index contributed by atoms with van der Waals surface area (Å²) < 4.78 is 0. The molecule has 0 bridgehead atoms. The van der Waals surface area contributed by atoms with Gasteiger partial charge in [0, 0.05) is 20.1 Å². The SMILES string of the molecule is CCNCc1cnc(N(C)Cc2ccc(C)cc2)cn1. The topological polar surface area (TPSA) is 41.1 Å². The van der Waals surface area contributed by atoms with Gasteiger partial charge in [0.1, 0.15) is 5.82 Å². The van der Waals surface area contributed by atoms with Gasteiger partial charge in [-0.15, -0.1) is 0 Å². The zero-order valence-electron chi connectivity index (χ0n) is 12.4. The summed E-state index contributed by atoms with van der Waals surface area (Å²) in [5.41, 5.74) is 3.53. The van der Waals surface area contributed by atoms with E-state index in [1.54, 1.807) is 0 Å². The van der Waals surface area contributed by atoms with Crippen molar-refractivity contribution in [1.82, 2.24) is 15.3 Å². The largest absolute Gasteiger partial charge is 0.354 e. The van der Waals surface area contributed by atoms with Crippen LogP contribution in [0.5, 0.6) is 0 Å². The Morgan fingerprint density at radius 3 is 2.45 bits per heavy atom. The first-order valence-electron chi connectivity index (χ1n) is 6.97. The predicted octanol–water partition coefficient (Wildman–Crippen LogP) is 2.53. The Kier molecular flexibility index (Phi) is 5.07. The van der Waals surface area contributed by atoms with Gasteiger partial charge >= 0.3 is 0 Å². The van der Waals surface area contributed by atoms with Crippen LogP contribution in [0.3, 0.4) is 0 Å². The summed E-state index contributed by atoms with van der Waals surface area (Å²) in [5, 5.41) is 3.24. The van der Waals surface area contributed by atoms with Crippen LogP contribution in [0.1, 0.15) is 23.7 Å². The van der Waals surface area contributed by atoms with Crippen LogP contribution in [-0.2, 0) is 13.1 Å². The summed E-state index contributed by atoms with van der Waals surface area (Å²) in [7, 11) is 2.04. The summed E-state index contributed by atoms with van der Waals surface area (Å²) in [5.74, 6) is 0.894. The van der Waals surface area contributed by atoms with E-state index in [9.17, 15) is 0 Å². The number of anilines is 1. The molecule has 0 spiro atoms. The minimum atomic E-state index is 0.769. The van der Waals surface area contributed by atoms with Crippen LogP contribution >= 0.6 is 0 Å². The van der Waals surface area contributed by atoms with E-state index in [0.717, 1.165) is 31.1 Å². The van der Waals surface area contributed by atoms with Gasteiger partial charge in [0.25, 0.3) is 0 Å². The lowest BCUT2D eigenvalue weighted by atomic mass is 10.1. The Morgan fingerprint density at radius 2 is 1.85 bits per heavy atom. The van der Waals surface area contributed by atoms with Crippen molar-refractivity contribution in [3.63, 3.8) is 0 Å². The highest BCUT2D eigenvalue weighted by Crippen LogP contribution is 2.12. The smallest absolute Gasteiger partial charge is 0.147 e. The first-order valence-corrected chi connectivity index (χ1v) is 6.97. The van der Waals surface area contributed by atoms with Gasteiger partial charge in [-0.1, -0.05) is 36.8 Å². The molecule has 20 heavy (non-hydrogen) atoms. The molecule has 0 aliphatic carbocycles. The van der Waals surface area contributed by atoms with E-state index in [2.05, 4.69) is 58.3 Å². The van der Waals surface area contributed by atoms with E-state index < -0.39 is 0 Å². The second kappa shape index (κ2) is 7.01. The third kappa shape index (κ3) is 4.03. The van der Waals surface area contributed by atoms with Crippen LogP contribution in [0.4, 0.5) is 5.82 Å². The lowest BCUT2D eigenvalue weighted by Crippen LogP contribution is -2.19. The van der Waals surface area contributed by atoms with Crippen molar-refractivity contribution < 1.29 is 0 Å². The fourth-order valence-corrected chi connectivity index (χ4v) is 1.94. The van der Waals surface area contributed by atoms with Crippen LogP contribution < -0.4 is 10.2 Å². The Balaban J connectivity index is 1.98. The third-order valence-corrected chi connectivity index (χ3v) is 3.18. The van der Waals surface area contributed by atoms with Crippen LogP contribution in [0.15, 0.2) is 36.7 Å². The molecule has 4 nitrogen and oxygen atoms in total. The molecular formula is C16H22N4. The molecule has 1 N–H and O–H groups in total. The summed E-state index contributed by atoms with van der Waals surface area (Å²) in [4.78, 5) is 11.0. The minimum absolute atomic E-state index is 0.769. The zero-order valence-corrected chi connectivity index (χ0v) is 12.4. The van der Waals surface area contributed by atoms with Gasteiger partial charge in [0.05, 0.1) is 18.1 Å². The average Bonchev–Trinajstić information content (AvgIpc) is 2.48. The Morgan fingerprint density at radius 1 is 1.10 bits per heavy atom. The van der Waals surface area contributed by atoms with E-state index in [0.29, 0.717) is 0 Å². The quantitative estimate of drug-likeness (QED) is 0.876. The van der Waals surface area contributed by atoms with E-state index in [1.165, 1.54) is 11.1 Å². The number of hydrogen-bond acceptors (Lipinski definition) is 4. The third-order valence-electron chi connectivity index (χ3n) is 3.18. The molecule has 0 saturated carbocycles. The predicted molar refractivity (Wildman–Crippen MR) is 82.7 cm³/mol. The van der Waals surface area contributed by atoms with Crippen molar-refractivity contribution in [2.75, 3.05) is 18.5 Å². The molecule has 1 aromatic heterocycles. The Bertz CT molecular complexity index is 519. The summed E-state index contributed by atoms with van der Waals surface area (Å²) in [6.45, 7) is 6.73. The first kappa shape index (κ1) is 14.5. The number of aromatic nitrogens is 2. The van der Waals surface area contributed by atoms with Crippen molar-refractivity contribution in [3.8, 4) is 0 Å². The van der Waals surface area contributed by atoms with E-state index >= 15 is 0 Å². The monoisotopic (exact) mass is 270 g/mol. The molecule has 1 aromatic carbocycles. The number of aryl methyl sites for hydroxylation is 1. The average molecular weight is 270 g/mol. The molecule has 0 aliphatic heterocycles. The molecular weight excluding hydrogens is 248 g/mol. The van der Waals surface area contributed by atoms with Crippen molar-refractivity contribution in [1.29, 1.82) is 0 Å². The molecule has 0 amide bonds. The molecule has 0 saturated heterocycles. The number of rotatable bonds is 6. The summed E-state index contributed by atoms with van der Waals surface area (Å²) in [6.07, 6.45) is 3.67. The van der Waals surface area contributed by atoms with E-state index in [1.807, 2.05) is 19.4 Å². The molecule has 0 fully saturated rings. The fraction of sp³-hybridized carbons (Fsp3) is 0.375. The van der Waals surface area contributed by atoms with E-state index in [4.69, 9.17) is 0 Å². The highest BCUT2D eigenvalue weighted by molar-refractivity contribution is 5.36. The zero-order chi connectivity index (χ0) is 14.4. The maximum absolute atomic E-state index is 4.47. The van der Waals surface area contributed by atoms with Gasteiger partial charge in [-0.2, -0.15) is 0 Å². The van der Waals surface area contributed by atoms with Crippen LogP contribution in [0.2, 0.25) is 0 Å². The highest BCUT2D eigenvalue weighted by Gasteiger charge is 2.04. The molecule has 2 rings (SSSR count). The maximum atomic E-state index is 4.47. The lowest BCUT2D eigenvalue weighted by Gasteiger charge is -2.18. The number of nitrogens with one attached hydrogen (secondary N) is 1. The standard InChI is InChI=1S/C16H22N4/c1-4-17-9-15-10-19-16(11-18-15)20(3)12-14-7-5-13(2)6-8-14/h5-8,10-11,17H,4,9,12H2,1-3H3. The van der Waals surface area contributed by atoms with Crippen molar-refractivity contribution in [2.45, 2.75) is 26.9 Å². The van der Waals surface area contributed by atoms with Crippen LogP contribution in [0, 0.1) is 6.92 Å². The second-order valence-corrected chi connectivity index (χ2v) is 4.99. The molecule has 0 unspecified atom stereocenters. The molecule has 1 heterocycles.